The van der Waals surface area contributed by atoms with Crippen molar-refractivity contribution < 1.29 is 14.7 Å². The summed E-state index contributed by atoms with van der Waals surface area (Å²) in [4.78, 5) is 15.7. The van der Waals surface area contributed by atoms with Gasteiger partial charge in [0.05, 0.1) is 12.8 Å². The lowest BCUT2D eigenvalue weighted by atomic mass is 10.1. The van der Waals surface area contributed by atoms with E-state index in [-0.39, 0.29) is 18.2 Å². The van der Waals surface area contributed by atoms with E-state index in [0.717, 1.165) is 0 Å². The molecule has 0 atom stereocenters. The minimum absolute atomic E-state index is 0.0347. The highest BCUT2D eigenvalue weighted by atomic mass is 35.5. The average Bonchev–Trinajstić information content (AvgIpc) is 2.22. The first-order chi connectivity index (χ1) is 7.56. The van der Waals surface area contributed by atoms with Gasteiger partial charge in [-0.05, 0) is 12.1 Å². The quantitative estimate of drug-likeness (QED) is 0.556. The van der Waals surface area contributed by atoms with Gasteiger partial charge in [0.1, 0.15) is 5.75 Å². The molecule has 0 saturated heterocycles. The summed E-state index contributed by atoms with van der Waals surface area (Å²) in [5, 5.41) is 12.6. The number of phenols is 1. The fourth-order valence-electron chi connectivity index (χ4n) is 1.24. The Labute approximate surface area is 98.3 Å². The van der Waals surface area contributed by atoms with Crippen LogP contribution in [0, 0.1) is 0 Å². The van der Waals surface area contributed by atoms with Gasteiger partial charge >= 0.3 is 0 Å². The summed E-state index contributed by atoms with van der Waals surface area (Å²) < 4.78 is 0. The number of amides is 1. The zero-order valence-electron chi connectivity index (χ0n) is 9.00. The number of nitrogens with one attached hydrogen (secondary N) is 2. The number of aromatic hydroxyl groups is 1. The van der Waals surface area contributed by atoms with E-state index in [1.54, 1.807) is 6.07 Å². The average molecular weight is 245 g/mol. The molecular weight excluding hydrogens is 232 g/mol. The molecule has 0 fully saturated rings. The predicted molar refractivity (Wildman–Crippen MR) is 61.3 cm³/mol. The van der Waals surface area contributed by atoms with Crippen LogP contribution in [0.25, 0.3) is 0 Å². The lowest BCUT2D eigenvalue weighted by Gasteiger charge is -2.13. The molecule has 0 saturated carbocycles. The van der Waals surface area contributed by atoms with E-state index < -0.39 is 0 Å². The number of benzene rings is 1. The third-order valence-corrected chi connectivity index (χ3v) is 2.28. The fraction of sp³-hybridized carbons (Fsp3) is 0.300. The van der Waals surface area contributed by atoms with Crippen molar-refractivity contribution in [3.05, 3.63) is 22.7 Å². The molecule has 88 valence electrons. The monoisotopic (exact) mass is 244 g/mol. The summed E-state index contributed by atoms with van der Waals surface area (Å²) in [5.74, 6) is -0.316. The highest BCUT2D eigenvalue weighted by Gasteiger charge is 2.12. The van der Waals surface area contributed by atoms with Gasteiger partial charge in [-0.25, -0.2) is 0 Å². The first-order valence-corrected chi connectivity index (χ1v) is 4.97. The number of phenolic OH excluding ortho intramolecular Hbond substituents is 1. The second-order valence-electron chi connectivity index (χ2n) is 3.13. The van der Waals surface area contributed by atoms with E-state index >= 15 is 0 Å². The van der Waals surface area contributed by atoms with Crippen molar-refractivity contribution in [3.63, 3.8) is 0 Å². The molecule has 0 aliphatic rings. The van der Waals surface area contributed by atoms with Crippen molar-refractivity contribution in [1.82, 2.24) is 5.48 Å². The van der Waals surface area contributed by atoms with Gasteiger partial charge < -0.3 is 15.3 Å². The van der Waals surface area contributed by atoms with Gasteiger partial charge in [0.15, 0.2) is 0 Å². The zero-order valence-corrected chi connectivity index (χ0v) is 9.76. The predicted octanol–water partition coefficient (Wildman–Crippen LogP) is 1.65. The van der Waals surface area contributed by atoms with Gasteiger partial charge in [-0.15, -0.1) is 0 Å². The highest BCUT2D eigenvalue weighted by molar-refractivity contribution is 6.32. The number of carbonyl (C=O) groups excluding carboxylic acids is 1. The third kappa shape index (κ3) is 3.10. The second-order valence-corrected chi connectivity index (χ2v) is 3.53. The first kappa shape index (κ1) is 12.8. The molecule has 1 rings (SSSR count). The molecular formula is C10H13ClN2O3. The number of hydrogen-bond acceptors (Lipinski definition) is 4. The SMILES string of the molecule is CONCc1c(Cl)ccc(O)c1NC(C)=O. The summed E-state index contributed by atoms with van der Waals surface area (Å²) in [7, 11) is 1.47. The van der Waals surface area contributed by atoms with E-state index in [2.05, 4.69) is 10.8 Å². The Morgan fingerprint density at radius 2 is 2.25 bits per heavy atom. The summed E-state index contributed by atoms with van der Waals surface area (Å²) >= 11 is 5.96. The molecule has 0 aliphatic carbocycles. The molecule has 1 aromatic carbocycles. The van der Waals surface area contributed by atoms with E-state index in [1.807, 2.05) is 0 Å². The Hall–Kier alpha value is -1.30. The number of rotatable bonds is 4. The molecule has 0 aliphatic heterocycles. The molecule has 0 spiro atoms. The van der Waals surface area contributed by atoms with Gasteiger partial charge in [-0.1, -0.05) is 11.6 Å². The van der Waals surface area contributed by atoms with Crippen LogP contribution in [0.2, 0.25) is 5.02 Å². The van der Waals surface area contributed by atoms with Crippen molar-refractivity contribution in [2.75, 3.05) is 12.4 Å². The van der Waals surface area contributed by atoms with Crippen LogP contribution in [0.5, 0.6) is 5.75 Å². The van der Waals surface area contributed by atoms with Gasteiger partial charge in [-0.2, -0.15) is 5.48 Å². The summed E-state index contributed by atoms with van der Waals surface area (Å²) in [6, 6.07) is 2.97. The first-order valence-electron chi connectivity index (χ1n) is 4.60. The Morgan fingerprint density at radius 3 is 2.81 bits per heavy atom. The molecule has 3 N–H and O–H groups in total. The minimum atomic E-state index is -0.281. The topological polar surface area (TPSA) is 70.6 Å². The Balaban J connectivity index is 3.09. The van der Waals surface area contributed by atoms with Gasteiger partial charge in [0.2, 0.25) is 5.91 Å². The van der Waals surface area contributed by atoms with Gasteiger partial charge in [0.25, 0.3) is 0 Å². The molecule has 5 nitrogen and oxygen atoms in total. The second kappa shape index (κ2) is 5.69. The smallest absolute Gasteiger partial charge is 0.221 e. The summed E-state index contributed by atoms with van der Waals surface area (Å²) in [6.45, 7) is 1.63. The number of carbonyl (C=O) groups is 1. The summed E-state index contributed by atoms with van der Waals surface area (Å²) in [6.07, 6.45) is 0. The lowest BCUT2D eigenvalue weighted by Crippen LogP contribution is -2.15. The molecule has 0 radical (unpaired) electrons. The van der Waals surface area contributed by atoms with E-state index in [4.69, 9.17) is 16.4 Å². The molecule has 0 bridgehead atoms. The van der Waals surface area contributed by atoms with Crippen LogP contribution in [0.1, 0.15) is 12.5 Å². The molecule has 0 heterocycles. The molecule has 16 heavy (non-hydrogen) atoms. The van der Waals surface area contributed by atoms with Crippen molar-refractivity contribution in [2.24, 2.45) is 0 Å². The maximum absolute atomic E-state index is 11.0. The van der Waals surface area contributed by atoms with Crippen LogP contribution < -0.4 is 10.8 Å². The zero-order chi connectivity index (χ0) is 12.1. The van der Waals surface area contributed by atoms with Crippen molar-refractivity contribution in [3.8, 4) is 5.75 Å². The van der Waals surface area contributed by atoms with Gasteiger partial charge in [0, 0.05) is 24.1 Å². The number of halogens is 1. The maximum Gasteiger partial charge on any atom is 0.221 e. The van der Waals surface area contributed by atoms with E-state index in [1.165, 1.54) is 20.1 Å². The molecule has 1 amide bonds. The van der Waals surface area contributed by atoms with Gasteiger partial charge in [-0.3, -0.25) is 4.79 Å². The van der Waals surface area contributed by atoms with Crippen LogP contribution >= 0.6 is 11.6 Å². The molecule has 0 aromatic heterocycles. The van der Waals surface area contributed by atoms with Crippen molar-refractivity contribution in [2.45, 2.75) is 13.5 Å². The molecule has 6 heteroatoms. The van der Waals surface area contributed by atoms with E-state index in [0.29, 0.717) is 16.3 Å². The third-order valence-electron chi connectivity index (χ3n) is 1.93. The van der Waals surface area contributed by atoms with Crippen molar-refractivity contribution >= 4 is 23.2 Å². The molecule has 0 unspecified atom stereocenters. The van der Waals surface area contributed by atoms with E-state index in [9.17, 15) is 9.90 Å². The summed E-state index contributed by atoms with van der Waals surface area (Å²) in [5.41, 5.74) is 3.46. The maximum atomic E-state index is 11.0. The van der Waals surface area contributed by atoms with Crippen LogP contribution in [-0.4, -0.2) is 18.1 Å². The van der Waals surface area contributed by atoms with Crippen LogP contribution in [0.3, 0.4) is 0 Å². The lowest BCUT2D eigenvalue weighted by molar-refractivity contribution is -0.114. The minimum Gasteiger partial charge on any atom is -0.506 e. The number of hydrogen-bond donors (Lipinski definition) is 3. The molecule has 1 aromatic rings. The normalized spacial score (nSPS) is 10.2. The number of anilines is 1. The highest BCUT2D eigenvalue weighted by Crippen LogP contribution is 2.32. The van der Waals surface area contributed by atoms with Crippen LogP contribution in [0.4, 0.5) is 5.69 Å². The Morgan fingerprint density at radius 1 is 1.56 bits per heavy atom. The van der Waals surface area contributed by atoms with Crippen molar-refractivity contribution in [1.29, 1.82) is 0 Å². The van der Waals surface area contributed by atoms with Crippen LogP contribution in [-0.2, 0) is 16.2 Å². The standard InChI is InChI=1S/C10H13ClN2O3/c1-6(14)13-10-7(5-12-16-2)8(11)3-4-9(10)15/h3-4,12,15H,5H2,1-2H3,(H,13,14). The fourth-order valence-corrected chi connectivity index (χ4v) is 1.47. The largest absolute Gasteiger partial charge is 0.506 e. The Bertz CT molecular complexity index is 396. The number of hydroxylamine groups is 1. The van der Waals surface area contributed by atoms with Crippen LogP contribution in [0.15, 0.2) is 12.1 Å². The Kier molecular flexibility index (Phi) is 4.54.